The number of aromatic nitrogens is 1. The second-order valence-corrected chi connectivity index (χ2v) is 3.78. The summed E-state index contributed by atoms with van der Waals surface area (Å²) in [6.45, 7) is 1.79. The molecule has 0 fully saturated rings. The number of rotatable bonds is 4. The number of nitrogens with one attached hydrogen (secondary N) is 2. The molecule has 0 saturated heterocycles. The first-order valence-corrected chi connectivity index (χ1v) is 5.45. The maximum absolute atomic E-state index is 13.5. The molecule has 0 aromatic carbocycles. The van der Waals surface area contributed by atoms with Crippen LogP contribution in [-0.4, -0.2) is 12.0 Å². The molecule has 2 heterocycles. The van der Waals surface area contributed by atoms with Gasteiger partial charge in [0.2, 0.25) is 0 Å². The minimum absolute atomic E-state index is 0.00875. The molecule has 96 valence electrons. The summed E-state index contributed by atoms with van der Waals surface area (Å²) in [7, 11) is 1.52. The van der Waals surface area contributed by atoms with Crippen LogP contribution in [0.2, 0.25) is 0 Å². The van der Waals surface area contributed by atoms with Crippen LogP contribution < -0.4 is 10.6 Å². The van der Waals surface area contributed by atoms with Gasteiger partial charge in [-0.1, -0.05) is 0 Å². The SMILES string of the molecule is CNc1nc(NC(C)c2ccco2)c(F)cc1F. The number of hydrogen-bond donors (Lipinski definition) is 2. The quantitative estimate of drug-likeness (QED) is 0.878. The van der Waals surface area contributed by atoms with E-state index in [-0.39, 0.29) is 17.7 Å². The second kappa shape index (κ2) is 5.03. The Hall–Kier alpha value is -2.11. The summed E-state index contributed by atoms with van der Waals surface area (Å²) in [6, 6.07) is 4.02. The Bertz CT molecular complexity index is 528. The lowest BCUT2D eigenvalue weighted by molar-refractivity contribution is 0.488. The van der Waals surface area contributed by atoms with E-state index in [9.17, 15) is 8.78 Å². The van der Waals surface area contributed by atoms with E-state index in [1.165, 1.54) is 13.3 Å². The molecule has 1 unspecified atom stereocenters. The van der Waals surface area contributed by atoms with Gasteiger partial charge < -0.3 is 15.1 Å². The molecule has 0 radical (unpaired) electrons. The van der Waals surface area contributed by atoms with Crippen molar-refractivity contribution in [1.29, 1.82) is 0 Å². The molecule has 0 spiro atoms. The van der Waals surface area contributed by atoms with Crippen molar-refractivity contribution in [3.05, 3.63) is 41.9 Å². The summed E-state index contributed by atoms with van der Waals surface area (Å²) in [5.41, 5.74) is 0. The van der Waals surface area contributed by atoms with E-state index in [4.69, 9.17) is 4.42 Å². The third-order valence-electron chi connectivity index (χ3n) is 2.49. The lowest BCUT2D eigenvalue weighted by Crippen LogP contribution is -2.10. The van der Waals surface area contributed by atoms with Crippen LogP contribution in [0.15, 0.2) is 28.9 Å². The number of pyridine rings is 1. The lowest BCUT2D eigenvalue weighted by atomic mass is 10.2. The maximum atomic E-state index is 13.5. The fourth-order valence-corrected chi connectivity index (χ4v) is 1.56. The lowest BCUT2D eigenvalue weighted by Gasteiger charge is -2.14. The third-order valence-corrected chi connectivity index (χ3v) is 2.49. The summed E-state index contributed by atoms with van der Waals surface area (Å²) in [4.78, 5) is 3.83. The van der Waals surface area contributed by atoms with Gasteiger partial charge in [-0.15, -0.1) is 0 Å². The van der Waals surface area contributed by atoms with Crippen molar-refractivity contribution in [3.63, 3.8) is 0 Å². The largest absolute Gasteiger partial charge is 0.467 e. The first-order valence-electron chi connectivity index (χ1n) is 5.45. The van der Waals surface area contributed by atoms with Crippen molar-refractivity contribution in [3.8, 4) is 0 Å². The Balaban J connectivity index is 2.23. The fourth-order valence-electron chi connectivity index (χ4n) is 1.56. The molecule has 6 heteroatoms. The van der Waals surface area contributed by atoms with Gasteiger partial charge in [-0.3, -0.25) is 0 Å². The zero-order chi connectivity index (χ0) is 13.1. The van der Waals surface area contributed by atoms with Gasteiger partial charge in [0.1, 0.15) is 5.76 Å². The first kappa shape index (κ1) is 12.3. The summed E-state index contributed by atoms with van der Waals surface area (Å²) in [5.74, 6) is -0.863. The molecule has 0 aliphatic carbocycles. The summed E-state index contributed by atoms with van der Waals surface area (Å²) in [6.07, 6.45) is 1.53. The molecular formula is C12H13F2N3O. The Labute approximate surface area is 103 Å². The molecule has 0 bridgehead atoms. The molecule has 18 heavy (non-hydrogen) atoms. The van der Waals surface area contributed by atoms with Gasteiger partial charge >= 0.3 is 0 Å². The van der Waals surface area contributed by atoms with Crippen LogP contribution >= 0.6 is 0 Å². The zero-order valence-electron chi connectivity index (χ0n) is 10.00. The van der Waals surface area contributed by atoms with E-state index in [2.05, 4.69) is 15.6 Å². The summed E-state index contributed by atoms with van der Waals surface area (Å²) >= 11 is 0. The summed E-state index contributed by atoms with van der Waals surface area (Å²) < 4.78 is 32.0. The Morgan fingerprint density at radius 2 is 2.00 bits per heavy atom. The topological polar surface area (TPSA) is 50.1 Å². The van der Waals surface area contributed by atoms with Crippen LogP contribution in [-0.2, 0) is 0 Å². The van der Waals surface area contributed by atoms with E-state index < -0.39 is 11.6 Å². The van der Waals surface area contributed by atoms with Crippen LogP contribution in [0.25, 0.3) is 0 Å². The van der Waals surface area contributed by atoms with Crippen molar-refractivity contribution in [2.24, 2.45) is 0 Å². The number of furan rings is 1. The van der Waals surface area contributed by atoms with Crippen LogP contribution in [0, 0.1) is 11.6 Å². The van der Waals surface area contributed by atoms with E-state index in [1.54, 1.807) is 19.1 Å². The number of hydrogen-bond acceptors (Lipinski definition) is 4. The van der Waals surface area contributed by atoms with Crippen molar-refractivity contribution in [2.45, 2.75) is 13.0 Å². The molecule has 2 N–H and O–H groups in total. The van der Waals surface area contributed by atoms with E-state index in [0.717, 1.165) is 6.07 Å². The van der Waals surface area contributed by atoms with E-state index in [1.807, 2.05) is 0 Å². The highest BCUT2D eigenvalue weighted by Gasteiger charge is 2.15. The Morgan fingerprint density at radius 1 is 1.28 bits per heavy atom. The van der Waals surface area contributed by atoms with Gasteiger partial charge in [0.15, 0.2) is 23.3 Å². The zero-order valence-corrected chi connectivity index (χ0v) is 10.00. The number of halogens is 2. The first-order chi connectivity index (χ1) is 8.61. The van der Waals surface area contributed by atoms with Crippen molar-refractivity contribution in [2.75, 3.05) is 17.7 Å². The van der Waals surface area contributed by atoms with Crippen molar-refractivity contribution < 1.29 is 13.2 Å². The van der Waals surface area contributed by atoms with Gasteiger partial charge in [0, 0.05) is 13.1 Å². The van der Waals surface area contributed by atoms with Crippen LogP contribution in [0.5, 0.6) is 0 Å². The number of anilines is 2. The normalized spacial score (nSPS) is 12.2. The van der Waals surface area contributed by atoms with E-state index >= 15 is 0 Å². The van der Waals surface area contributed by atoms with E-state index in [0.29, 0.717) is 5.76 Å². The second-order valence-electron chi connectivity index (χ2n) is 3.78. The van der Waals surface area contributed by atoms with Crippen molar-refractivity contribution >= 4 is 11.6 Å². The molecule has 2 aromatic rings. The fraction of sp³-hybridized carbons (Fsp3) is 0.250. The molecule has 1 atom stereocenters. The molecular weight excluding hydrogens is 240 g/mol. The van der Waals surface area contributed by atoms with Crippen molar-refractivity contribution in [1.82, 2.24) is 4.98 Å². The number of nitrogens with zero attached hydrogens (tertiary/aromatic N) is 1. The third kappa shape index (κ3) is 2.42. The highest BCUT2D eigenvalue weighted by molar-refractivity contribution is 5.48. The highest BCUT2D eigenvalue weighted by atomic mass is 19.1. The van der Waals surface area contributed by atoms with Gasteiger partial charge in [-0.2, -0.15) is 0 Å². The molecule has 2 aromatic heterocycles. The minimum Gasteiger partial charge on any atom is -0.467 e. The van der Waals surface area contributed by atoms with Crippen LogP contribution in [0.1, 0.15) is 18.7 Å². The average Bonchev–Trinajstić information content (AvgIpc) is 2.86. The minimum atomic E-state index is -0.745. The van der Waals surface area contributed by atoms with Gasteiger partial charge in [-0.05, 0) is 19.1 Å². The van der Waals surface area contributed by atoms with Crippen LogP contribution in [0.3, 0.4) is 0 Å². The Kier molecular flexibility index (Phi) is 3.45. The molecule has 4 nitrogen and oxygen atoms in total. The predicted octanol–water partition coefficient (Wildman–Crippen LogP) is 3.17. The van der Waals surface area contributed by atoms with Gasteiger partial charge in [-0.25, -0.2) is 13.8 Å². The van der Waals surface area contributed by atoms with Gasteiger partial charge in [0.25, 0.3) is 0 Å². The average molecular weight is 253 g/mol. The Morgan fingerprint density at radius 3 is 2.61 bits per heavy atom. The molecule has 0 saturated carbocycles. The monoisotopic (exact) mass is 253 g/mol. The molecule has 2 rings (SSSR count). The molecule has 0 aliphatic heterocycles. The molecule has 0 amide bonds. The standard InChI is InChI=1S/C12H13F2N3O/c1-7(10-4-3-5-18-10)16-12-9(14)6-8(13)11(15-2)17-12/h3-7H,1-2H3,(H2,15,16,17). The predicted molar refractivity (Wildman–Crippen MR) is 64.4 cm³/mol. The maximum Gasteiger partial charge on any atom is 0.168 e. The molecule has 0 aliphatic rings. The highest BCUT2D eigenvalue weighted by Crippen LogP contribution is 2.23. The smallest absolute Gasteiger partial charge is 0.168 e. The summed E-state index contributed by atoms with van der Waals surface area (Å²) in [5, 5.41) is 5.38. The van der Waals surface area contributed by atoms with Crippen LogP contribution in [0.4, 0.5) is 20.4 Å². The van der Waals surface area contributed by atoms with Gasteiger partial charge in [0.05, 0.1) is 12.3 Å².